The maximum Gasteiger partial charge on any atom is 0.125 e. The largest absolute Gasteiger partial charge is 0.398 e. The minimum absolute atomic E-state index is 0.308. The molecule has 3 nitrogen and oxygen atoms in total. The van der Waals surface area contributed by atoms with Crippen LogP contribution in [0, 0.1) is 12.7 Å². The van der Waals surface area contributed by atoms with Crippen molar-refractivity contribution in [3.8, 4) is 0 Å². The minimum Gasteiger partial charge on any atom is -0.398 e. The molecule has 0 saturated carbocycles. The van der Waals surface area contributed by atoms with Crippen molar-refractivity contribution in [3.63, 3.8) is 0 Å². The molecule has 2 rings (SSSR count). The average molecular weight is 344 g/mol. The van der Waals surface area contributed by atoms with Crippen molar-refractivity contribution in [2.75, 3.05) is 5.73 Å². The van der Waals surface area contributed by atoms with Crippen LogP contribution in [-0.4, -0.2) is 9.78 Å². The van der Waals surface area contributed by atoms with E-state index in [1.54, 1.807) is 17.8 Å². The van der Waals surface area contributed by atoms with E-state index in [0.717, 1.165) is 33.1 Å². The summed E-state index contributed by atoms with van der Waals surface area (Å²) in [7, 11) is 0. The molecule has 0 aliphatic rings. The maximum atomic E-state index is 13.0. The summed E-state index contributed by atoms with van der Waals surface area (Å²) in [4.78, 5) is 0.884. The molecule has 0 saturated heterocycles. The Kier molecular flexibility index (Phi) is 4.52. The number of halogens is 2. The van der Waals surface area contributed by atoms with Crippen molar-refractivity contribution in [2.45, 2.75) is 31.0 Å². The fraction of sp³-hybridized carbons (Fsp3) is 0.308. The van der Waals surface area contributed by atoms with Crippen molar-refractivity contribution >= 4 is 33.4 Å². The van der Waals surface area contributed by atoms with Gasteiger partial charge in [-0.1, -0.05) is 0 Å². The molecule has 0 amide bonds. The quantitative estimate of drug-likeness (QED) is 0.674. The van der Waals surface area contributed by atoms with Gasteiger partial charge >= 0.3 is 0 Å². The standard InChI is InChI=1S/C13H15BrFN3S/c1-3-18-11(13(14)8(2)17-18)7-19-12-5-4-9(15)6-10(12)16/h4-6H,3,7,16H2,1-2H3. The summed E-state index contributed by atoms with van der Waals surface area (Å²) in [6.45, 7) is 4.84. The van der Waals surface area contributed by atoms with Crippen LogP contribution in [0.4, 0.5) is 10.1 Å². The summed E-state index contributed by atoms with van der Waals surface area (Å²) >= 11 is 5.14. The van der Waals surface area contributed by atoms with Gasteiger partial charge in [0.1, 0.15) is 5.82 Å². The molecule has 1 aromatic carbocycles. The van der Waals surface area contributed by atoms with E-state index >= 15 is 0 Å². The zero-order valence-electron chi connectivity index (χ0n) is 10.8. The third kappa shape index (κ3) is 3.12. The number of anilines is 1. The summed E-state index contributed by atoms with van der Waals surface area (Å²) < 4.78 is 16.0. The van der Waals surface area contributed by atoms with Crippen LogP contribution < -0.4 is 5.73 Å². The molecule has 19 heavy (non-hydrogen) atoms. The summed E-state index contributed by atoms with van der Waals surface area (Å²) in [6, 6.07) is 4.48. The molecule has 1 aromatic heterocycles. The summed E-state index contributed by atoms with van der Waals surface area (Å²) in [6.07, 6.45) is 0. The molecule has 2 N–H and O–H groups in total. The molecule has 0 spiro atoms. The number of benzene rings is 1. The normalized spacial score (nSPS) is 10.9. The maximum absolute atomic E-state index is 13.0. The molecule has 0 fully saturated rings. The zero-order valence-corrected chi connectivity index (χ0v) is 13.2. The summed E-state index contributed by atoms with van der Waals surface area (Å²) in [5, 5.41) is 4.44. The van der Waals surface area contributed by atoms with Gasteiger partial charge in [0.05, 0.1) is 15.9 Å². The molecule has 6 heteroatoms. The van der Waals surface area contributed by atoms with E-state index < -0.39 is 0 Å². The summed E-state index contributed by atoms with van der Waals surface area (Å²) in [5.41, 5.74) is 8.37. The van der Waals surface area contributed by atoms with Gasteiger partial charge in [0, 0.05) is 22.9 Å². The van der Waals surface area contributed by atoms with E-state index in [-0.39, 0.29) is 5.82 Å². The molecule has 0 atom stereocenters. The van der Waals surface area contributed by atoms with Gasteiger partial charge in [-0.2, -0.15) is 5.10 Å². The molecule has 0 radical (unpaired) electrons. The number of nitrogens with two attached hydrogens (primary N) is 1. The predicted octanol–water partition coefficient (Wildman–Crippen LogP) is 3.99. The highest BCUT2D eigenvalue weighted by atomic mass is 79.9. The predicted molar refractivity (Wildman–Crippen MR) is 80.7 cm³/mol. The first-order chi connectivity index (χ1) is 9.02. The first kappa shape index (κ1) is 14.4. The van der Waals surface area contributed by atoms with Gasteiger partial charge in [-0.3, -0.25) is 4.68 Å². The average Bonchev–Trinajstić information content (AvgIpc) is 2.65. The van der Waals surface area contributed by atoms with Crippen molar-refractivity contribution in [3.05, 3.63) is 39.9 Å². The Labute approximate surface area is 124 Å². The van der Waals surface area contributed by atoms with Crippen LogP contribution in [0.15, 0.2) is 27.6 Å². The second-order valence-electron chi connectivity index (χ2n) is 4.13. The molecule has 0 unspecified atom stereocenters. The second-order valence-corrected chi connectivity index (χ2v) is 5.94. The number of rotatable bonds is 4. The second kappa shape index (κ2) is 5.96. The Morgan fingerprint density at radius 3 is 2.84 bits per heavy atom. The van der Waals surface area contributed by atoms with Crippen molar-refractivity contribution in [1.82, 2.24) is 9.78 Å². The number of thioether (sulfide) groups is 1. The van der Waals surface area contributed by atoms with Crippen molar-refractivity contribution in [1.29, 1.82) is 0 Å². The van der Waals surface area contributed by atoms with Crippen LogP contribution in [0.2, 0.25) is 0 Å². The Hall–Kier alpha value is -1.01. The molecule has 1 heterocycles. The van der Waals surface area contributed by atoms with Crippen LogP contribution in [-0.2, 0) is 12.3 Å². The van der Waals surface area contributed by atoms with Crippen LogP contribution >= 0.6 is 27.7 Å². The lowest BCUT2D eigenvalue weighted by molar-refractivity contribution is 0.627. The molecule has 0 aliphatic heterocycles. The van der Waals surface area contributed by atoms with Gasteiger partial charge in [-0.05, 0) is 48.0 Å². The smallest absolute Gasteiger partial charge is 0.125 e. The summed E-state index contributed by atoms with van der Waals surface area (Å²) in [5.74, 6) is 0.433. The van der Waals surface area contributed by atoms with Crippen molar-refractivity contribution in [2.24, 2.45) is 0 Å². The lowest BCUT2D eigenvalue weighted by Gasteiger charge is -2.07. The van der Waals surface area contributed by atoms with Crippen molar-refractivity contribution < 1.29 is 4.39 Å². The first-order valence-electron chi connectivity index (χ1n) is 5.92. The zero-order chi connectivity index (χ0) is 14.0. The molecular weight excluding hydrogens is 329 g/mol. The Bertz CT molecular complexity index is 598. The van der Waals surface area contributed by atoms with E-state index in [0.29, 0.717) is 5.69 Å². The Morgan fingerprint density at radius 2 is 2.21 bits per heavy atom. The Balaban J connectivity index is 2.18. The van der Waals surface area contributed by atoms with Gasteiger partial charge in [0.25, 0.3) is 0 Å². The molecular formula is C13H15BrFN3S. The first-order valence-corrected chi connectivity index (χ1v) is 7.70. The van der Waals surface area contributed by atoms with Gasteiger partial charge in [0.15, 0.2) is 0 Å². The van der Waals surface area contributed by atoms with Gasteiger partial charge in [-0.25, -0.2) is 4.39 Å². The molecule has 2 aromatic rings. The fourth-order valence-electron chi connectivity index (χ4n) is 1.80. The number of nitrogens with zero attached hydrogens (tertiary/aromatic N) is 2. The lowest BCUT2D eigenvalue weighted by atomic mass is 10.3. The fourth-order valence-corrected chi connectivity index (χ4v) is 3.39. The third-order valence-electron chi connectivity index (χ3n) is 2.79. The van der Waals surface area contributed by atoms with Crippen LogP contribution in [0.1, 0.15) is 18.3 Å². The van der Waals surface area contributed by atoms with Gasteiger partial charge in [0.2, 0.25) is 0 Å². The number of hydrogen-bond donors (Lipinski definition) is 1. The van der Waals surface area contributed by atoms with Crippen LogP contribution in [0.25, 0.3) is 0 Å². The van der Waals surface area contributed by atoms with Gasteiger partial charge in [-0.15, -0.1) is 11.8 Å². The molecule has 102 valence electrons. The highest BCUT2D eigenvalue weighted by molar-refractivity contribution is 9.10. The van der Waals surface area contributed by atoms with E-state index in [9.17, 15) is 4.39 Å². The number of aryl methyl sites for hydroxylation is 2. The lowest BCUT2D eigenvalue weighted by Crippen LogP contribution is -2.02. The highest BCUT2D eigenvalue weighted by Gasteiger charge is 2.13. The van der Waals surface area contributed by atoms with E-state index in [1.165, 1.54) is 12.1 Å². The highest BCUT2D eigenvalue weighted by Crippen LogP contribution is 2.32. The number of nitrogen functional groups attached to an aromatic ring is 1. The number of hydrogen-bond acceptors (Lipinski definition) is 3. The number of aromatic nitrogens is 2. The van der Waals surface area contributed by atoms with E-state index in [2.05, 4.69) is 28.0 Å². The van der Waals surface area contributed by atoms with E-state index in [4.69, 9.17) is 5.73 Å². The molecule has 0 aliphatic carbocycles. The Morgan fingerprint density at radius 1 is 1.47 bits per heavy atom. The van der Waals surface area contributed by atoms with Crippen LogP contribution in [0.5, 0.6) is 0 Å². The minimum atomic E-state index is -0.308. The monoisotopic (exact) mass is 343 g/mol. The SMILES string of the molecule is CCn1nc(C)c(Br)c1CSc1ccc(F)cc1N. The molecule has 0 bridgehead atoms. The van der Waals surface area contributed by atoms with E-state index in [1.807, 2.05) is 11.6 Å². The van der Waals surface area contributed by atoms with Crippen LogP contribution in [0.3, 0.4) is 0 Å². The third-order valence-corrected chi connectivity index (χ3v) is 4.92. The topological polar surface area (TPSA) is 43.8 Å². The van der Waals surface area contributed by atoms with Gasteiger partial charge < -0.3 is 5.73 Å².